The van der Waals surface area contributed by atoms with Crippen LogP contribution in [-0.4, -0.2) is 20.1 Å². The van der Waals surface area contributed by atoms with E-state index in [-0.39, 0.29) is 11.1 Å². The lowest BCUT2D eigenvalue weighted by molar-refractivity contribution is 0.0315. The summed E-state index contributed by atoms with van der Waals surface area (Å²) >= 11 is 5.99. The Balaban J connectivity index is 1.88. The van der Waals surface area contributed by atoms with Gasteiger partial charge < -0.3 is 13.9 Å². The zero-order chi connectivity index (χ0) is 17.4. The molecule has 0 N–H and O–H groups in total. The molecule has 1 aromatic carbocycles. The third kappa shape index (κ3) is 2.92. The van der Waals surface area contributed by atoms with E-state index in [0.717, 1.165) is 11.0 Å². The molecule has 2 aromatic heterocycles. The zero-order valence-corrected chi connectivity index (χ0v) is 14.2. The quantitative estimate of drug-likeness (QED) is 0.685. The number of carbonyl (C=O) groups is 1. The third-order valence-electron chi connectivity index (χ3n) is 3.86. The van der Waals surface area contributed by atoms with Gasteiger partial charge in [-0.25, -0.2) is 9.78 Å². The molecule has 0 fully saturated rings. The van der Waals surface area contributed by atoms with Gasteiger partial charge in [-0.1, -0.05) is 11.6 Å². The van der Waals surface area contributed by atoms with Gasteiger partial charge in [-0.05, 0) is 31.2 Å². The largest absolute Gasteiger partial charge is 0.451 e. The van der Waals surface area contributed by atoms with Crippen molar-refractivity contribution in [1.29, 1.82) is 0 Å². The lowest BCUT2D eigenvalue weighted by atomic mass is 10.2. The van der Waals surface area contributed by atoms with Gasteiger partial charge in [0.2, 0.25) is 0 Å². The summed E-state index contributed by atoms with van der Waals surface area (Å²) in [6.45, 7) is 1.74. The van der Waals surface area contributed by atoms with Gasteiger partial charge in [0.05, 0.1) is 16.6 Å². The van der Waals surface area contributed by atoms with Crippen LogP contribution in [-0.2, 0) is 18.8 Å². The van der Waals surface area contributed by atoms with Crippen LogP contribution in [0.2, 0.25) is 5.02 Å². The van der Waals surface area contributed by atoms with Crippen LogP contribution in [0.1, 0.15) is 29.2 Å². The molecule has 3 rings (SSSR count). The molecule has 0 aliphatic carbocycles. The molecule has 1 atom stereocenters. The first-order chi connectivity index (χ1) is 11.4. The van der Waals surface area contributed by atoms with Crippen molar-refractivity contribution in [3.63, 3.8) is 0 Å². The Hall–Kier alpha value is -2.60. The van der Waals surface area contributed by atoms with E-state index in [1.807, 2.05) is 17.7 Å². The van der Waals surface area contributed by atoms with Gasteiger partial charge in [-0.2, -0.15) is 0 Å². The minimum Gasteiger partial charge on any atom is -0.451 e. The molecule has 0 unspecified atom stereocenters. The van der Waals surface area contributed by atoms with E-state index >= 15 is 0 Å². The molecule has 6 nitrogen and oxygen atoms in total. The molecule has 3 aromatic rings. The minimum atomic E-state index is -0.572. The van der Waals surface area contributed by atoms with E-state index < -0.39 is 12.1 Å². The number of rotatable bonds is 3. The fourth-order valence-corrected chi connectivity index (χ4v) is 2.68. The highest BCUT2D eigenvalue weighted by atomic mass is 35.5. The summed E-state index contributed by atoms with van der Waals surface area (Å²) in [4.78, 5) is 28.4. The van der Waals surface area contributed by atoms with Crippen molar-refractivity contribution in [3.05, 3.63) is 63.3 Å². The highest BCUT2D eigenvalue weighted by Crippen LogP contribution is 2.24. The Labute approximate surface area is 143 Å². The van der Waals surface area contributed by atoms with Crippen LogP contribution in [0.25, 0.3) is 11.0 Å². The Morgan fingerprint density at radius 3 is 2.71 bits per heavy atom. The van der Waals surface area contributed by atoms with E-state index in [9.17, 15) is 9.59 Å². The third-order valence-corrected chi connectivity index (χ3v) is 4.10. The molecule has 0 aliphatic heterocycles. The van der Waals surface area contributed by atoms with Crippen LogP contribution >= 0.6 is 11.6 Å². The second-order valence-corrected chi connectivity index (χ2v) is 6.01. The monoisotopic (exact) mass is 345 g/mol. The summed E-state index contributed by atoms with van der Waals surface area (Å²) in [5.74, 6) is 0.0368. The molecule has 0 amide bonds. The van der Waals surface area contributed by atoms with Crippen molar-refractivity contribution in [1.82, 2.24) is 14.1 Å². The van der Waals surface area contributed by atoms with Gasteiger partial charge in [0.25, 0.3) is 5.56 Å². The summed E-state index contributed by atoms with van der Waals surface area (Å²) in [6.07, 6.45) is 0.957. The van der Waals surface area contributed by atoms with Crippen molar-refractivity contribution >= 4 is 28.6 Å². The number of benzene rings is 1. The van der Waals surface area contributed by atoms with Gasteiger partial charge in [0.15, 0.2) is 11.9 Å². The van der Waals surface area contributed by atoms with Crippen molar-refractivity contribution in [2.45, 2.75) is 13.0 Å². The van der Waals surface area contributed by atoms with Crippen molar-refractivity contribution in [3.8, 4) is 0 Å². The minimum absolute atomic E-state index is 0.215. The average Bonchev–Trinajstić information content (AvgIpc) is 2.86. The SMILES string of the molecule is C[C@H](OC(=O)c1ccn(C)c(=O)c1)c1nc2cc(Cl)ccc2n1C. The van der Waals surface area contributed by atoms with Crippen molar-refractivity contribution in [2.75, 3.05) is 0 Å². The second kappa shape index (κ2) is 6.13. The number of carbonyl (C=O) groups excluding carboxylic acids is 1. The molecule has 2 heterocycles. The van der Waals surface area contributed by atoms with Crippen molar-refractivity contribution < 1.29 is 9.53 Å². The first kappa shape index (κ1) is 16.3. The Morgan fingerprint density at radius 2 is 2.00 bits per heavy atom. The maximum absolute atomic E-state index is 12.2. The molecule has 0 radical (unpaired) electrons. The predicted octanol–water partition coefficient (Wildman–Crippen LogP) is 2.84. The molecule has 124 valence electrons. The average molecular weight is 346 g/mol. The molecule has 24 heavy (non-hydrogen) atoms. The lowest BCUT2D eigenvalue weighted by Crippen LogP contribution is -2.19. The molecule has 7 heteroatoms. The predicted molar refractivity (Wildman–Crippen MR) is 91.2 cm³/mol. The number of aromatic nitrogens is 3. The van der Waals surface area contributed by atoms with Gasteiger partial charge in [0.1, 0.15) is 0 Å². The number of esters is 1. The van der Waals surface area contributed by atoms with Gasteiger partial charge in [0, 0.05) is 31.4 Å². The normalized spacial score (nSPS) is 12.3. The number of halogens is 1. The topological polar surface area (TPSA) is 66.1 Å². The fourth-order valence-electron chi connectivity index (χ4n) is 2.51. The lowest BCUT2D eigenvalue weighted by Gasteiger charge is -2.13. The smallest absolute Gasteiger partial charge is 0.339 e. The molecular weight excluding hydrogens is 330 g/mol. The van der Waals surface area contributed by atoms with Crippen LogP contribution in [0.4, 0.5) is 0 Å². The highest BCUT2D eigenvalue weighted by Gasteiger charge is 2.19. The first-order valence-electron chi connectivity index (χ1n) is 7.36. The molecule has 0 saturated heterocycles. The number of nitrogens with zero attached hydrogens (tertiary/aromatic N) is 3. The van der Waals surface area contributed by atoms with Gasteiger partial charge in [-0.15, -0.1) is 0 Å². The standard InChI is InChI=1S/C17H16ClN3O3/c1-10(24-17(23)11-6-7-20(2)15(22)8-11)16-19-13-9-12(18)4-5-14(13)21(16)3/h4-10H,1-3H3/t10-/m0/s1. The summed E-state index contributed by atoms with van der Waals surface area (Å²) in [7, 11) is 3.46. The summed E-state index contributed by atoms with van der Waals surface area (Å²) in [5, 5.41) is 0.594. The Bertz CT molecular complexity index is 990. The van der Waals surface area contributed by atoms with Crippen LogP contribution in [0.15, 0.2) is 41.3 Å². The van der Waals surface area contributed by atoms with Crippen LogP contribution in [0.5, 0.6) is 0 Å². The van der Waals surface area contributed by atoms with Crippen LogP contribution in [0.3, 0.4) is 0 Å². The summed E-state index contributed by atoms with van der Waals surface area (Å²) in [6, 6.07) is 8.21. The van der Waals surface area contributed by atoms with Crippen molar-refractivity contribution in [2.24, 2.45) is 14.1 Å². The number of pyridine rings is 1. The number of fused-ring (bicyclic) bond motifs is 1. The molecular formula is C17H16ClN3O3. The number of hydrogen-bond acceptors (Lipinski definition) is 4. The van der Waals surface area contributed by atoms with E-state index in [0.29, 0.717) is 10.8 Å². The highest BCUT2D eigenvalue weighted by molar-refractivity contribution is 6.31. The van der Waals surface area contributed by atoms with E-state index in [1.165, 1.54) is 16.8 Å². The van der Waals surface area contributed by atoms with Crippen LogP contribution < -0.4 is 5.56 Å². The fraction of sp³-hybridized carbons (Fsp3) is 0.235. The maximum atomic E-state index is 12.2. The number of ether oxygens (including phenoxy) is 1. The number of hydrogen-bond donors (Lipinski definition) is 0. The van der Waals surface area contributed by atoms with Gasteiger partial charge in [-0.3, -0.25) is 4.79 Å². The Kier molecular flexibility index (Phi) is 4.15. The summed E-state index contributed by atoms with van der Waals surface area (Å²) in [5.41, 5.74) is 1.57. The Morgan fingerprint density at radius 1 is 1.25 bits per heavy atom. The molecule has 0 spiro atoms. The van der Waals surface area contributed by atoms with E-state index in [4.69, 9.17) is 16.3 Å². The maximum Gasteiger partial charge on any atom is 0.339 e. The second-order valence-electron chi connectivity index (χ2n) is 5.57. The molecule has 0 bridgehead atoms. The van der Waals surface area contributed by atoms with E-state index in [1.54, 1.807) is 32.2 Å². The zero-order valence-electron chi connectivity index (χ0n) is 13.5. The number of aryl methyl sites for hydroxylation is 2. The van der Waals surface area contributed by atoms with Crippen LogP contribution in [0, 0.1) is 0 Å². The van der Waals surface area contributed by atoms with E-state index in [2.05, 4.69) is 4.98 Å². The first-order valence-corrected chi connectivity index (χ1v) is 7.74. The molecule has 0 aliphatic rings. The number of imidazole rings is 1. The van der Waals surface area contributed by atoms with Gasteiger partial charge >= 0.3 is 5.97 Å². The summed E-state index contributed by atoms with van der Waals surface area (Å²) < 4.78 is 8.69. The molecule has 0 saturated carbocycles.